The maximum atomic E-state index is 12.3. The molecule has 2 saturated heterocycles. The van der Waals surface area contributed by atoms with Crippen LogP contribution in [0.15, 0.2) is 12.7 Å². The van der Waals surface area contributed by atoms with E-state index < -0.39 is 5.41 Å². The fourth-order valence-corrected chi connectivity index (χ4v) is 3.32. The summed E-state index contributed by atoms with van der Waals surface area (Å²) in [6.45, 7) is 2.48. The first-order valence-electron chi connectivity index (χ1n) is 7.42. The summed E-state index contributed by atoms with van der Waals surface area (Å²) in [6.07, 6.45) is 4.24. The lowest BCUT2D eigenvalue weighted by atomic mass is 9.81. The highest BCUT2D eigenvalue weighted by atomic mass is 35.5. The Morgan fingerprint density at radius 2 is 2.30 bits per heavy atom. The molecule has 8 nitrogen and oxygen atoms in total. The minimum atomic E-state index is -0.670. The summed E-state index contributed by atoms with van der Waals surface area (Å²) in [5.41, 5.74) is -0.670. The Kier molecular flexibility index (Phi) is 5.59. The number of hydrogen-bond acceptors (Lipinski definition) is 6. The first kappa shape index (κ1) is 17.7. The van der Waals surface area contributed by atoms with Crippen molar-refractivity contribution in [3.8, 4) is 0 Å². The number of esters is 1. The number of carbonyl (C=O) groups excluding carboxylic acids is 2. The third-order valence-corrected chi connectivity index (χ3v) is 4.56. The number of rotatable bonds is 5. The van der Waals surface area contributed by atoms with E-state index in [9.17, 15) is 9.59 Å². The molecule has 1 amide bonds. The fraction of sp³-hybridized carbons (Fsp3) is 0.714. The van der Waals surface area contributed by atoms with Gasteiger partial charge in [0.1, 0.15) is 18.1 Å². The molecule has 0 aliphatic carbocycles. The molecule has 1 aromatic heterocycles. The molecule has 0 radical (unpaired) electrons. The predicted octanol–water partition coefficient (Wildman–Crippen LogP) is 0.128. The number of hydrogen-bond donors (Lipinski definition) is 0. The molecule has 0 aromatic carbocycles. The zero-order chi connectivity index (χ0) is 15.6. The molecule has 0 N–H and O–H groups in total. The van der Waals surface area contributed by atoms with Crippen LogP contribution in [0.5, 0.6) is 0 Å². The SMILES string of the molecule is COC(=O)[C@@]12COC[C@@H]1CN(C(=O)CCCn1cncn1)C2.Cl. The Morgan fingerprint density at radius 1 is 1.48 bits per heavy atom. The summed E-state index contributed by atoms with van der Waals surface area (Å²) in [5, 5.41) is 4.01. The van der Waals surface area contributed by atoms with Gasteiger partial charge in [-0.2, -0.15) is 5.10 Å². The zero-order valence-electron chi connectivity index (χ0n) is 13.0. The molecular weight excluding hydrogens is 324 g/mol. The highest BCUT2D eigenvalue weighted by Gasteiger charge is 2.57. The molecule has 2 atom stereocenters. The first-order chi connectivity index (χ1) is 10.7. The normalized spacial score (nSPS) is 25.8. The molecule has 1 aromatic rings. The largest absolute Gasteiger partial charge is 0.468 e. The van der Waals surface area contributed by atoms with Crippen LogP contribution in [0.25, 0.3) is 0 Å². The summed E-state index contributed by atoms with van der Waals surface area (Å²) in [7, 11) is 1.38. The molecule has 2 fully saturated rings. The van der Waals surface area contributed by atoms with Gasteiger partial charge >= 0.3 is 5.97 Å². The van der Waals surface area contributed by atoms with Crippen LogP contribution in [-0.2, 0) is 25.6 Å². The average Bonchev–Trinajstić information content (AvgIpc) is 3.21. The van der Waals surface area contributed by atoms with E-state index in [1.165, 1.54) is 13.4 Å². The molecule has 0 bridgehead atoms. The highest BCUT2D eigenvalue weighted by molar-refractivity contribution is 5.85. The number of likely N-dealkylation sites (tertiary alicyclic amines) is 1. The number of carbonyl (C=O) groups is 2. The van der Waals surface area contributed by atoms with Gasteiger partial charge in [-0.15, -0.1) is 12.4 Å². The minimum Gasteiger partial charge on any atom is -0.468 e. The van der Waals surface area contributed by atoms with Crippen LogP contribution in [0, 0.1) is 11.3 Å². The second kappa shape index (κ2) is 7.27. The van der Waals surface area contributed by atoms with Crippen molar-refractivity contribution in [1.82, 2.24) is 19.7 Å². The van der Waals surface area contributed by atoms with Gasteiger partial charge in [0.15, 0.2) is 0 Å². The molecule has 0 unspecified atom stereocenters. The van der Waals surface area contributed by atoms with Crippen molar-refractivity contribution in [2.24, 2.45) is 11.3 Å². The summed E-state index contributed by atoms with van der Waals surface area (Å²) < 4.78 is 12.1. The van der Waals surface area contributed by atoms with Gasteiger partial charge in [-0.3, -0.25) is 14.3 Å². The van der Waals surface area contributed by atoms with Crippen molar-refractivity contribution in [1.29, 1.82) is 0 Å². The van der Waals surface area contributed by atoms with Gasteiger partial charge in [-0.1, -0.05) is 0 Å². The van der Waals surface area contributed by atoms with Gasteiger partial charge < -0.3 is 14.4 Å². The number of nitrogens with zero attached hydrogens (tertiary/aromatic N) is 4. The molecule has 2 aliphatic heterocycles. The molecule has 23 heavy (non-hydrogen) atoms. The molecule has 2 aliphatic rings. The van der Waals surface area contributed by atoms with Crippen molar-refractivity contribution in [2.45, 2.75) is 19.4 Å². The predicted molar refractivity (Wildman–Crippen MR) is 81.8 cm³/mol. The molecular formula is C14H21ClN4O4. The van der Waals surface area contributed by atoms with Gasteiger partial charge in [0.25, 0.3) is 0 Å². The molecule has 128 valence electrons. The number of aryl methyl sites for hydroxylation is 1. The maximum Gasteiger partial charge on any atom is 0.316 e. The van der Waals surface area contributed by atoms with Crippen molar-refractivity contribution < 1.29 is 19.1 Å². The molecule has 0 saturated carbocycles. The number of halogens is 1. The number of methoxy groups -OCH3 is 1. The molecule has 3 rings (SSSR count). The molecule has 9 heteroatoms. The summed E-state index contributed by atoms with van der Waals surface area (Å²) in [6, 6.07) is 0. The van der Waals surface area contributed by atoms with Crippen molar-refractivity contribution in [3.63, 3.8) is 0 Å². The summed E-state index contributed by atoms with van der Waals surface area (Å²) in [5.74, 6) is -0.162. The Morgan fingerprint density at radius 3 is 3.00 bits per heavy atom. The quantitative estimate of drug-likeness (QED) is 0.706. The third-order valence-electron chi connectivity index (χ3n) is 4.56. The highest BCUT2D eigenvalue weighted by Crippen LogP contribution is 2.42. The van der Waals surface area contributed by atoms with Crippen molar-refractivity contribution >= 4 is 24.3 Å². The lowest BCUT2D eigenvalue weighted by Crippen LogP contribution is -2.41. The lowest BCUT2D eigenvalue weighted by Gasteiger charge is -2.23. The zero-order valence-corrected chi connectivity index (χ0v) is 13.8. The van der Waals surface area contributed by atoms with E-state index in [2.05, 4.69) is 10.1 Å². The van der Waals surface area contributed by atoms with Crippen LogP contribution in [0.4, 0.5) is 0 Å². The van der Waals surface area contributed by atoms with E-state index in [1.807, 2.05) is 0 Å². The van der Waals surface area contributed by atoms with Crippen LogP contribution < -0.4 is 0 Å². The van der Waals surface area contributed by atoms with Crippen molar-refractivity contribution in [3.05, 3.63) is 12.7 Å². The van der Waals surface area contributed by atoms with E-state index in [1.54, 1.807) is 15.9 Å². The maximum absolute atomic E-state index is 12.3. The number of amides is 1. The van der Waals surface area contributed by atoms with Gasteiger partial charge in [0.2, 0.25) is 5.91 Å². The lowest BCUT2D eigenvalue weighted by molar-refractivity contribution is -0.153. The Labute approximate surface area is 140 Å². The fourth-order valence-electron chi connectivity index (χ4n) is 3.32. The smallest absolute Gasteiger partial charge is 0.316 e. The van der Waals surface area contributed by atoms with Crippen LogP contribution in [0.3, 0.4) is 0 Å². The molecule has 3 heterocycles. The number of aromatic nitrogens is 3. The van der Waals surface area contributed by atoms with E-state index in [4.69, 9.17) is 9.47 Å². The topological polar surface area (TPSA) is 86.5 Å². The molecule has 0 spiro atoms. The minimum absolute atomic E-state index is 0. The van der Waals surface area contributed by atoms with E-state index in [0.717, 1.165) is 0 Å². The number of fused-ring (bicyclic) bond motifs is 1. The van der Waals surface area contributed by atoms with Crippen molar-refractivity contribution in [2.75, 3.05) is 33.4 Å². The van der Waals surface area contributed by atoms with E-state index in [0.29, 0.717) is 45.7 Å². The van der Waals surface area contributed by atoms with Gasteiger partial charge in [0.05, 0.1) is 20.3 Å². The third kappa shape index (κ3) is 3.32. The van der Waals surface area contributed by atoms with E-state index in [-0.39, 0.29) is 30.2 Å². The van der Waals surface area contributed by atoms with Crippen LogP contribution in [0.2, 0.25) is 0 Å². The standard InChI is InChI=1S/C14H20N4O4.ClH/c1-21-13(20)14-7-17(5-11(14)6-22-8-14)12(19)3-2-4-18-10-15-9-16-18;/h9-11H,2-8H2,1H3;1H/t11-,14-;/m0./s1. The second-order valence-electron chi connectivity index (χ2n) is 5.90. The Hall–Kier alpha value is -1.67. The van der Waals surface area contributed by atoms with Gasteiger partial charge in [-0.25, -0.2) is 4.98 Å². The number of ether oxygens (including phenoxy) is 2. The van der Waals surface area contributed by atoms with Crippen LogP contribution in [0.1, 0.15) is 12.8 Å². The Balaban J connectivity index is 0.00000192. The van der Waals surface area contributed by atoms with Gasteiger partial charge in [0, 0.05) is 32.0 Å². The monoisotopic (exact) mass is 344 g/mol. The second-order valence-corrected chi connectivity index (χ2v) is 5.90. The van der Waals surface area contributed by atoms with E-state index >= 15 is 0 Å². The average molecular weight is 345 g/mol. The van der Waals surface area contributed by atoms with Gasteiger partial charge in [-0.05, 0) is 6.42 Å². The van der Waals surface area contributed by atoms with Crippen LogP contribution >= 0.6 is 12.4 Å². The summed E-state index contributed by atoms with van der Waals surface area (Å²) in [4.78, 5) is 30.1. The first-order valence-corrected chi connectivity index (χ1v) is 7.42. The van der Waals surface area contributed by atoms with Crippen LogP contribution in [-0.4, -0.2) is 65.0 Å². The Bertz CT molecular complexity index is 553. The summed E-state index contributed by atoms with van der Waals surface area (Å²) >= 11 is 0.